The van der Waals surface area contributed by atoms with Crippen molar-refractivity contribution in [2.24, 2.45) is 0 Å². The highest BCUT2D eigenvalue weighted by Crippen LogP contribution is 2.30. The van der Waals surface area contributed by atoms with Crippen LogP contribution in [0.4, 0.5) is 0 Å². The molecule has 4 nitrogen and oxygen atoms in total. The molecule has 0 radical (unpaired) electrons. The number of nitrogens with one attached hydrogen (secondary N) is 2. The number of β-amino-alcohol motifs (C(OH)–C–C–N with tert-alkyl or cyclic N) is 1. The van der Waals surface area contributed by atoms with Crippen LogP contribution in [0.5, 0.6) is 0 Å². The molecular formula is C26H55N2O2P. The number of hydrogen-bond acceptors (Lipinski definition) is 4. The molecule has 0 aromatic carbocycles. The lowest BCUT2D eigenvalue weighted by Crippen LogP contribution is -2.49. The summed E-state index contributed by atoms with van der Waals surface area (Å²) in [4.78, 5) is 11.9. The minimum Gasteiger partial charge on any atom is -0.612 e. The van der Waals surface area contributed by atoms with Crippen molar-refractivity contribution in [2.45, 2.75) is 148 Å². The second-order valence-corrected chi connectivity index (χ2v) is 10.7. The molecule has 0 saturated carbocycles. The van der Waals surface area contributed by atoms with Crippen molar-refractivity contribution in [1.29, 1.82) is 5.16 Å². The van der Waals surface area contributed by atoms with Crippen molar-refractivity contribution in [2.75, 3.05) is 19.3 Å². The predicted molar refractivity (Wildman–Crippen MR) is 136 cm³/mol. The Labute approximate surface area is 195 Å². The van der Waals surface area contributed by atoms with Crippen LogP contribution in [0.2, 0.25) is 0 Å². The summed E-state index contributed by atoms with van der Waals surface area (Å²) in [5, 5.41) is 20.6. The van der Waals surface area contributed by atoms with Crippen LogP contribution in [0, 0.1) is 5.16 Å². The molecule has 0 heterocycles. The fraction of sp³-hybridized carbons (Fsp3) is 1.00. The smallest absolute Gasteiger partial charge is 0.161 e. The van der Waals surface area contributed by atoms with Gasteiger partial charge in [-0.05, 0) is 12.8 Å². The number of aliphatic hydroxyl groups is 1. The van der Waals surface area contributed by atoms with Gasteiger partial charge in [0.25, 0.3) is 0 Å². The van der Waals surface area contributed by atoms with Crippen LogP contribution in [-0.4, -0.2) is 30.0 Å². The Bertz CT molecular complexity index is 372. The maximum absolute atomic E-state index is 11.9. The number of aliphatic hydroxyl groups excluding tert-OH is 1. The fourth-order valence-electron chi connectivity index (χ4n) is 4.66. The molecule has 0 bridgehead atoms. The SMILES string of the molecule is CCCCCCCCCCCC(CCCCCCCCCCC)(C[P+](=N)[O-])NCCO. The van der Waals surface area contributed by atoms with Crippen LogP contribution in [0.25, 0.3) is 0 Å². The zero-order valence-electron chi connectivity index (χ0n) is 21.1. The Morgan fingerprint density at radius 2 is 1.03 bits per heavy atom. The summed E-state index contributed by atoms with van der Waals surface area (Å²) in [6.07, 6.45) is 25.9. The highest BCUT2D eigenvalue weighted by molar-refractivity contribution is 7.37. The van der Waals surface area contributed by atoms with Crippen molar-refractivity contribution in [1.82, 2.24) is 5.32 Å². The van der Waals surface area contributed by atoms with Crippen molar-refractivity contribution < 1.29 is 10.00 Å². The molecule has 0 aliphatic heterocycles. The summed E-state index contributed by atoms with van der Waals surface area (Å²) in [7, 11) is -1.92. The zero-order valence-corrected chi connectivity index (χ0v) is 22.0. The first kappa shape index (κ1) is 31.0. The van der Waals surface area contributed by atoms with Gasteiger partial charge in [0.2, 0.25) is 0 Å². The molecule has 0 fully saturated rings. The van der Waals surface area contributed by atoms with Crippen LogP contribution in [0.1, 0.15) is 142 Å². The van der Waals surface area contributed by atoms with Gasteiger partial charge in [-0.15, -0.1) is 5.16 Å². The molecule has 0 amide bonds. The van der Waals surface area contributed by atoms with Gasteiger partial charge in [0.15, 0.2) is 7.94 Å². The molecule has 0 aromatic rings. The molecule has 0 saturated heterocycles. The fourth-order valence-corrected chi connectivity index (χ4v) is 5.64. The van der Waals surface area contributed by atoms with Gasteiger partial charge in [-0.25, -0.2) is 0 Å². The Morgan fingerprint density at radius 3 is 1.35 bits per heavy atom. The molecule has 3 N–H and O–H groups in total. The van der Waals surface area contributed by atoms with Gasteiger partial charge in [0.1, 0.15) is 6.16 Å². The predicted octanol–water partition coefficient (Wildman–Crippen LogP) is 7.67. The summed E-state index contributed by atoms with van der Waals surface area (Å²) < 4.78 is 0. The van der Waals surface area contributed by atoms with Crippen LogP contribution >= 0.6 is 7.94 Å². The molecule has 1 unspecified atom stereocenters. The molecular weight excluding hydrogens is 403 g/mol. The van der Waals surface area contributed by atoms with E-state index in [4.69, 9.17) is 5.16 Å². The maximum atomic E-state index is 11.9. The van der Waals surface area contributed by atoms with Gasteiger partial charge in [0, 0.05) is 6.54 Å². The van der Waals surface area contributed by atoms with Crippen molar-refractivity contribution in [3.63, 3.8) is 0 Å². The van der Waals surface area contributed by atoms with Crippen molar-refractivity contribution >= 4 is 7.94 Å². The topological polar surface area (TPSA) is 79.2 Å². The molecule has 1 atom stereocenters. The van der Waals surface area contributed by atoms with Gasteiger partial charge in [-0.1, -0.05) is 129 Å². The van der Waals surface area contributed by atoms with Gasteiger partial charge in [-0.3, -0.25) is 0 Å². The Morgan fingerprint density at radius 1 is 0.677 bits per heavy atom. The van der Waals surface area contributed by atoms with Crippen LogP contribution < -0.4 is 10.2 Å². The minimum atomic E-state index is -1.92. The number of rotatable bonds is 25. The molecule has 186 valence electrons. The van der Waals surface area contributed by atoms with E-state index in [1.807, 2.05) is 0 Å². The van der Waals surface area contributed by atoms with E-state index in [1.54, 1.807) is 0 Å². The van der Waals surface area contributed by atoms with E-state index in [9.17, 15) is 10.00 Å². The first-order valence-electron chi connectivity index (χ1n) is 13.6. The standard InChI is InChI=1S/C26H55N2O2P/c1-3-5-7-9-11-13-15-17-19-21-26(25-31(27)30,28-23-24-29)22-20-18-16-14-12-10-8-6-4-2/h27-29H,3-25H2,1-2H3. The Kier molecular flexibility index (Phi) is 23.1. The molecule has 0 spiro atoms. The molecule has 31 heavy (non-hydrogen) atoms. The third-order valence-electron chi connectivity index (χ3n) is 6.58. The normalized spacial score (nSPS) is 12.5. The first-order valence-corrected chi connectivity index (χ1v) is 15.1. The third-order valence-corrected chi connectivity index (χ3v) is 7.47. The molecule has 0 aliphatic rings. The number of hydrogen-bond donors (Lipinski definition) is 3. The quantitative estimate of drug-likeness (QED) is 0.0970. The van der Waals surface area contributed by atoms with Gasteiger partial charge < -0.3 is 15.3 Å². The van der Waals surface area contributed by atoms with Gasteiger partial charge in [0.05, 0.1) is 12.1 Å². The van der Waals surface area contributed by atoms with Crippen LogP contribution in [0.15, 0.2) is 0 Å². The lowest BCUT2D eigenvalue weighted by Gasteiger charge is -2.33. The van der Waals surface area contributed by atoms with E-state index in [-0.39, 0.29) is 12.1 Å². The lowest BCUT2D eigenvalue weighted by molar-refractivity contribution is -0.157. The average molecular weight is 459 g/mol. The third kappa shape index (κ3) is 20.3. The average Bonchev–Trinajstić information content (AvgIpc) is 2.75. The van der Waals surface area contributed by atoms with E-state index in [0.717, 1.165) is 25.7 Å². The molecule has 0 aliphatic carbocycles. The summed E-state index contributed by atoms with van der Waals surface area (Å²) in [5.41, 5.74) is -0.222. The Balaban J connectivity index is 4.25. The summed E-state index contributed by atoms with van der Waals surface area (Å²) >= 11 is 0. The zero-order chi connectivity index (χ0) is 23.0. The van der Waals surface area contributed by atoms with E-state index in [2.05, 4.69) is 19.2 Å². The largest absolute Gasteiger partial charge is 0.612 e. The maximum Gasteiger partial charge on any atom is 0.161 e. The molecule has 5 heteroatoms. The van der Waals surface area contributed by atoms with Gasteiger partial charge in [-0.2, -0.15) is 0 Å². The van der Waals surface area contributed by atoms with Gasteiger partial charge >= 0.3 is 0 Å². The highest BCUT2D eigenvalue weighted by Gasteiger charge is 2.32. The minimum absolute atomic E-state index is 0.103. The second-order valence-electron chi connectivity index (χ2n) is 9.62. The highest BCUT2D eigenvalue weighted by atomic mass is 31.1. The summed E-state index contributed by atoms with van der Waals surface area (Å²) in [5.74, 6) is 0. The van der Waals surface area contributed by atoms with Crippen molar-refractivity contribution in [3.05, 3.63) is 0 Å². The second kappa shape index (κ2) is 23.1. The number of unbranched alkanes of at least 4 members (excludes halogenated alkanes) is 16. The summed E-state index contributed by atoms with van der Waals surface area (Å²) in [6, 6.07) is 0. The summed E-state index contributed by atoms with van der Waals surface area (Å²) in [6.45, 7) is 5.16. The molecule has 0 rings (SSSR count). The lowest BCUT2D eigenvalue weighted by atomic mass is 9.87. The van der Waals surface area contributed by atoms with E-state index in [0.29, 0.717) is 12.7 Å². The van der Waals surface area contributed by atoms with Crippen molar-refractivity contribution in [3.8, 4) is 0 Å². The van der Waals surface area contributed by atoms with Crippen LogP contribution in [0.3, 0.4) is 0 Å². The van der Waals surface area contributed by atoms with E-state index < -0.39 is 7.94 Å². The van der Waals surface area contributed by atoms with E-state index in [1.165, 1.54) is 103 Å². The Hall–Kier alpha value is -0.0200. The van der Waals surface area contributed by atoms with E-state index >= 15 is 0 Å². The first-order chi connectivity index (χ1) is 15.1. The monoisotopic (exact) mass is 458 g/mol. The molecule has 0 aromatic heterocycles. The van der Waals surface area contributed by atoms with Crippen LogP contribution in [-0.2, 0) is 0 Å².